The van der Waals surface area contributed by atoms with Crippen molar-refractivity contribution < 1.29 is 19.1 Å². The van der Waals surface area contributed by atoms with Crippen LogP contribution in [0.1, 0.15) is 30.9 Å². The number of nitrogens with zero attached hydrogens (tertiary/aromatic N) is 1. The molecule has 1 aromatic heterocycles. The molecule has 2 amide bonds. The molecule has 0 radical (unpaired) electrons. The highest BCUT2D eigenvalue weighted by atomic mass is 16.6. The Kier molecular flexibility index (Phi) is 5.10. The summed E-state index contributed by atoms with van der Waals surface area (Å²) in [4.78, 5) is 26.8. The number of fused-ring (bicyclic) bond motifs is 1. The molecule has 0 unspecified atom stereocenters. The van der Waals surface area contributed by atoms with Gasteiger partial charge in [0.25, 0.3) is 5.88 Å². The van der Waals surface area contributed by atoms with Gasteiger partial charge in [0.2, 0.25) is 5.91 Å². The molecule has 1 aliphatic carbocycles. The third-order valence-electron chi connectivity index (χ3n) is 3.22. The Morgan fingerprint density at radius 1 is 1.38 bits per heavy atom. The van der Waals surface area contributed by atoms with Crippen molar-refractivity contribution in [2.75, 3.05) is 13.2 Å². The van der Waals surface area contributed by atoms with Crippen molar-refractivity contribution in [3.8, 4) is 11.6 Å². The van der Waals surface area contributed by atoms with Crippen LogP contribution in [0.15, 0.2) is 6.20 Å². The van der Waals surface area contributed by atoms with Crippen LogP contribution in [-0.2, 0) is 17.6 Å². The predicted molar refractivity (Wildman–Crippen MR) is 75.3 cm³/mol. The van der Waals surface area contributed by atoms with Gasteiger partial charge >= 0.3 is 6.09 Å². The third-order valence-corrected chi connectivity index (χ3v) is 3.22. The van der Waals surface area contributed by atoms with Crippen molar-refractivity contribution in [1.29, 1.82) is 0 Å². The molecule has 1 aromatic rings. The Balaban J connectivity index is 2.22. The number of rotatable bonds is 4. The molecule has 7 nitrogen and oxygen atoms in total. The van der Waals surface area contributed by atoms with E-state index in [2.05, 4.69) is 4.98 Å². The number of pyridine rings is 1. The topological polar surface area (TPSA) is 104 Å². The van der Waals surface area contributed by atoms with Crippen LogP contribution in [-0.4, -0.2) is 30.1 Å². The molecule has 21 heavy (non-hydrogen) atoms. The minimum atomic E-state index is -0.908. The third kappa shape index (κ3) is 3.69. The first-order valence-corrected chi connectivity index (χ1v) is 7.01. The maximum Gasteiger partial charge on any atom is 0.420 e. The Morgan fingerprint density at radius 3 is 2.86 bits per heavy atom. The molecule has 0 saturated heterocycles. The fourth-order valence-corrected chi connectivity index (χ4v) is 2.30. The second-order valence-electron chi connectivity index (χ2n) is 4.68. The lowest BCUT2D eigenvalue weighted by Gasteiger charge is -2.20. The van der Waals surface area contributed by atoms with Gasteiger partial charge in [-0.05, 0) is 38.2 Å². The molecule has 1 aliphatic rings. The van der Waals surface area contributed by atoms with E-state index in [1.165, 1.54) is 0 Å². The van der Waals surface area contributed by atoms with Gasteiger partial charge in [0, 0.05) is 11.8 Å². The van der Waals surface area contributed by atoms with Crippen LogP contribution in [0, 0.1) is 0 Å². The zero-order valence-corrected chi connectivity index (χ0v) is 12.0. The minimum absolute atomic E-state index is 0.0832. The predicted octanol–water partition coefficient (Wildman–Crippen LogP) is 0.933. The van der Waals surface area contributed by atoms with Gasteiger partial charge in [-0.2, -0.15) is 0 Å². The highest BCUT2D eigenvalue weighted by Gasteiger charge is 2.22. The van der Waals surface area contributed by atoms with Crippen LogP contribution in [0.5, 0.6) is 11.6 Å². The molecule has 0 saturated carbocycles. The number of hydrogen-bond acceptors (Lipinski definition) is 6. The minimum Gasteiger partial charge on any atom is -0.488 e. The van der Waals surface area contributed by atoms with Gasteiger partial charge in [-0.25, -0.2) is 9.78 Å². The van der Waals surface area contributed by atoms with Gasteiger partial charge in [0.1, 0.15) is 0 Å². The van der Waals surface area contributed by atoms with Crippen molar-refractivity contribution in [2.45, 2.75) is 32.6 Å². The number of carbonyl (C=O) groups excluding carboxylic acids is 2. The van der Waals surface area contributed by atoms with E-state index in [1.54, 1.807) is 6.20 Å². The summed E-state index contributed by atoms with van der Waals surface area (Å²) >= 11 is 0. The second-order valence-corrected chi connectivity index (χ2v) is 4.68. The van der Waals surface area contributed by atoms with Crippen molar-refractivity contribution in [3.63, 3.8) is 0 Å². The summed E-state index contributed by atoms with van der Waals surface area (Å²) in [6.45, 7) is 2.01. The first kappa shape index (κ1) is 15.2. The average molecular weight is 293 g/mol. The summed E-state index contributed by atoms with van der Waals surface area (Å²) in [6.07, 6.45) is 4.78. The molecule has 0 aromatic carbocycles. The Morgan fingerprint density at radius 2 is 2.14 bits per heavy atom. The van der Waals surface area contributed by atoms with Gasteiger partial charge < -0.3 is 15.2 Å². The van der Waals surface area contributed by atoms with E-state index in [4.69, 9.17) is 15.2 Å². The first-order chi connectivity index (χ1) is 10.2. The van der Waals surface area contributed by atoms with E-state index < -0.39 is 12.0 Å². The monoisotopic (exact) mass is 293 g/mol. The quantitative estimate of drug-likeness (QED) is 0.856. The number of nitrogens with two attached hydrogens (primary N) is 1. The number of carbonyl (C=O) groups is 2. The van der Waals surface area contributed by atoms with E-state index in [9.17, 15) is 9.59 Å². The van der Waals surface area contributed by atoms with Crippen LogP contribution in [0.2, 0.25) is 0 Å². The van der Waals surface area contributed by atoms with Gasteiger partial charge in [-0.15, -0.1) is 0 Å². The summed E-state index contributed by atoms with van der Waals surface area (Å²) in [5.74, 6) is -0.0409. The molecule has 1 heterocycles. The lowest BCUT2D eigenvalue weighted by molar-refractivity contribution is -0.118. The summed E-state index contributed by atoms with van der Waals surface area (Å²) in [5, 5.41) is 2.01. The Hall–Kier alpha value is -2.15. The zero-order valence-electron chi connectivity index (χ0n) is 12.0. The number of ether oxygens (including phenoxy) is 2. The average Bonchev–Trinajstić information content (AvgIpc) is 2.49. The lowest BCUT2D eigenvalue weighted by Crippen LogP contribution is -2.37. The highest BCUT2D eigenvalue weighted by molar-refractivity contribution is 5.93. The summed E-state index contributed by atoms with van der Waals surface area (Å²) in [6, 6.07) is 0. The Labute approximate surface area is 122 Å². The van der Waals surface area contributed by atoms with Gasteiger partial charge in [-0.3, -0.25) is 10.1 Å². The van der Waals surface area contributed by atoms with Gasteiger partial charge in [-0.1, -0.05) is 0 Å². The van der Waals surface area contributed by atoms with Crippen LogP contribution in [0.25, 0.3) is 0 Å². The van der Waals surface area contributed by atoms with Gasteiger partial charge in [0.05, 0.1) is 13.2 Å². The van der Waals surface area contributed by atoms with Crippen molar-refractivity contribution in [3.05, 3.63) is 17.3 Å². The van der Waals surface area contributed by atoms with Crippen LogP contribution >= 0.6 is 0 Å². The standard InChI is InChI=1S/C14H19N3O4/c1-2-20-12-10-6-4-3-5-9(10)8-16-13(12)21-14(19)17-11(18)7-15/h8H,2-7,15H2,1H3,(H,17,18,19). The van der Waals surface area contributed by atoms with E-state index in [-0.39, 0.29) is 12.4 Å². The lowest BCUT2D eigenvalue weighted by atomic mass is 9.93. The number of imide groups is 1. The molecule has 114 valence electrons. The maximum absolute atomic E-state index is 11.6. The van der Waals surface area contributed by atoms with E-state index in [0.717, 1.165) is 36.8 Å². The number of amides is 2. The molecule has 0 atom stereocenters. The maximum atomic E-state index is 11.6. The van der Waals surface area contributed by atoms with Crippen LogP contribution in [0.4, 0.5) is 4.79 Å². The van der Waals surface area contributed by atoms with E-state index in [1.807, 2.05) is 12.2 Å². The molecular weight excluding hydrogens is 274 g/mol. The fourth-order valence-electron chi connectivity index (χ4n) is 2.30. The molecule has 0 bridgehead atoms. The fraction of sp³-hybridized carbons (Fsp3) is 0.500. The molecule has 3 N–H and O–H groups in total. The van der Waals surface area contributed by atoms with Crippen molar-refractivity contribution >= 4 is 12.0 Å². The first-order valence-electron chi connectivity index (χ1n) is 7.01. The molecule has 2 rings (SSSR count). The smallest absolute Gasteiger partial charge is 0.420 e. The SMILES string of the molecule is CCOc1c(OC(=O)NC(=O)CN)ncc2c1CCCC2. The number of nitrogens with one attached hydrogen (secondary N) is 1. The van der Waals surface area contributed by atoms with Crippen LogP contribution in [0.3, 0.4) is 0 Å². The molecular formula is C14H19N3O4. The number of hydrogen-bond donors (Lipinski definition) is 2. The molecule has 7 heteroatoms. The summed E-state index contributed by atoms with van der Waals surface area (Å²) < 4.78 is 10.7. The zero-order chi connectivity index (χ0) is 15.2. The van der Waals surface area contributed by atoms with Crippen molar-refractivity contribution in [1.82, 2.24) is 10.3 Å². The number of aryl methyl sites for hydroxylation is 1. The van der Waals surface area contributed by atoms with E-state index in [0.29, 0.717) is 12.4 Å². The molecule has 0 spiro atoms. The van der Waals surface area contributed by atoms with E-state index >= 15 is 0 Å². The largest absolute Gasteiger partial charge is 0.488 e. The Bertz CT molecular complexity index is 545. The molecule has 0 aliphatic heterocycles. The summed E-state index contributed by atoms with van der Waals surface area (Å²) in [5.41, 5.74) is 7.28. The second kappa shape index (κ2) is 7.03. The van der Waals surface area contributed by atoms with Crippen LogP contribution < -0.4 is 20.5 Å². The summed E-state index contributed by atoms with van der Waals surface area (Å²) in [7, 11) is 0. The molecule has 0 fully saturated rings. The van der Waals surface area contributed by atoms with Gasteiger partial charge in [0.15, 0.2) is 5.75 Å². The number of aromatic nitrogens is 1. The highest BCUT2D eigenvalue weighted by Crippen LogP contribution is 2.35. The van der Waals surface area contributed by atoms with Crippen molar-refractivity contribution in [2.24, 2.45) is 5.73 Å². The normalized spacial score (nSPS) is 13.2.